The molecular weight excluding hydrogens is 292 g/mol. The first-order valence-electron chi connectivity index (χ1n) is 7.19. The summed E-state index contributed by atoms with van der Waals surface area (Å²) in [6.07, 6.45) is 0. The van der Waals surface area contributed by atoms with Crippen LogP contribution in [-0.2, 0) is 6.54 Å². The minimum Gasteiger partial charge on any atom is -0.493 e. The van der Waals surface area contributed by atoms with Crippen LogP contribution >= 0.6 is 0 Å². The SMILES string of the molecule is COc1ccc(-c2n[nH]c(-c3ccc(CN)cc3)n2)cc1OC. The van der Waals surface area contributed by atoms with Crippen LogP contribution in [0.15, 0.2) is 42.5 Å². The molecule has 2 aromatic carbocycles. The van der Waals surface area contributed by atoms with Gasteiger partial charge < -0.3 is 15.2 Å². The molecule has 0 unspecified atom stereocenters. The van der Waals surface area contributed by atoms with E-state index in [1.54, 1.807) is 14.2 Å². The summed E-state index contributed by atoms with van der Waals surface area (Å²) in [5, 5.41) is 7.24. The molecule has 0 aliphatic rings. The van der Waals surface area contributed by atoms with E-state index in [0.29, 0.717) is 29.7 Å². The van der Waals surface area contributed by atoms with Crippen LogP contribution in [0, 0.1) is 0 Å². The highest BCUT2D eigenvalue weighted by Gasteiger charge is 2.11. The molecule has 0 fully saturated rings. The van der Waals surface area contributed by atoms with Crippen LogP contribution in [0.1, 0.15) is 5.56 Å². The molecule has 0 bridgehead atoms. The number of rotatable bonds is 5. The van der Waals surface area contributed by atoms with Gasteiger partial charge in [-0.15, -0.1) is 0 Å². The van der Waals surface area contributed by atoms with Gasteiger partial charge in [-0.05, 0) is 23.8 Å². The maximum atomic E-state index is 5.61. The third-order valence-corrected chi connectivity index (χ3v) is 3.59. The van der Waals surface area contributed by atoms with Crippen LogP contribution < -0.4 is 15.2 Å². The average Bonchev–Trinajstić information content (AvgIpc) is 3.11. The van der Waals surface area contributed by atoms with E-state index < -0.39 is 0 Å². The van der Waals surface area contributed by atoms with Crippen molar-refractivity contribution in [3.63, 3.8) is 0 Å². The Hall–Kier alpha value is -2.86. The third-order valence-electron chi connectivity index (χ3n) is 3.59. The molecule has 0 radical (unpaired) electrons. The molecule has 6 heteroatoms. The van der Waals surface area contributed by atoms with Crippen LogP contribution in [0.25, 0.3) is 22.8 Å². The molecule has 3 aromatic rings. The predicted molar refractivity (Wildman–Crippen MR) is 88.3 cm³/mol. The van der Waals surface area contributed by atoms with E-state index in [0.717, 1.165) is 16.7 Å². The van der Waals surface area contributed by atoms with Gasteiger partial charge in [-0.1, -0.05) is 24.3 Å². The number of hydrogen-bond donors (Lipinski definition) is 2. The smallest absolute Gasteiger partial charge is 0.181 e. The van der Waals surface area contributed by atoms with Crippen LogP contribution in [0.5, 0.6) is 11.5 Å². The second-order valence-corrected chi connectivity index (χ2v) is 4.98. The van der Waals surface area contributed by atoms with Crippen molar-refractivity contribution in [3.05, 3.63) is 48.0 Å². The Morgan fingerprint density at radius 3 is 2.30 bits per heavy atom. The molecule has 3 rings (SSSR count). The lowest BCUT2D eigenvalue weighted by Gasteiger charge is -2.07. The van der Waals surface area contributed by atoms with Gasteiger partial charge in [-0.3, -0.25) is 5.10 Å². The average molecular weight is 310 g/mol. The highest BCUT2D eigenvalue weighted by molar-refractivity contribution is 5.64. The molecule has 0 amide bonds. The fourth-order valence-corrected chi connectivity index (χ4v) is 2.29. The van der Waals surface area contributed by atoms with Gasteiger partial charge in [0, 0.05) is 17.7 Å². The molecule has 0 saturated heterocycles. The zero-order valence-corrected chi connectivity index (χ0v) is 13.0. The lowest BCUT2D eigenvalue weighted by Crippen LogP contribution is -1.95. The Morgan fingerprint density at radius 1 is 0.957 bits per heavy atom. The van der Waals surface area contributed by atoms with Gasteiger partial charge in [0.25, 0.3) is 0 Å². The Balaban J connectivity index is 1.92. The molecule has 1 aromatic heterocycles. The zero-order valence-electron chi connectivity index (χ0n) is 13.0. The number of H-pyrrole nitrogens is 1. The molecular formula is C17H18N4O2. The van der Waals surface area contributed by atoms with E-state index in [1.807, 2.05) is 42.5 Å². The zero-order chi connectivity index (χ0) is 16.2. The summed E-state index contributed by atoms with van der Waals surface area (Å²) >= 11 is 0. The summed E-state index contributed by atoms with van der Waals surface area (Å²) in [7, 11) is 3.21. The van der Waals surface area contributed by atoms with Crippen molar-refractivity contribution in [2.24, 2.45) is 5.73 Å². The van der Waals surface area contributed by atoms with Gasteiger partial charge >= 0.3 is 0 Å². The third kappa shape index (κ3) is 3.02. The summed E-state index contributed by atoms with van der Waals surface area (Å²) in [5.41, 5.74) is 8.50. The second kappa shape index (κ2) is 6.50. The fourth-order valence-electron chi connectivity index (χ4n) is 2.29. The van der Waals surface area contributed by atoms with Gasteiger partial charge in [0.15, 0.2) is 23.1 Å². The summed E-state index contributed by atoms with van der Waals surface area (Å²) in [4.78, 5) is 4.54. The predicted octanol–water partition coefficient (Wildman–Crippen LogP) is 2.61. The number of nitrogens with two attached hydrogens (primary N) is 1. The number of nitrogens with zero attached hydrogens (tertiary/aromatic N) is 2. The summed E-state index contributed by atoms with van der Waals surface area (Å²) in [5.74, 6) is 2.62. The maximum absolute atomic E-state index is 5.61. The van der Waals surface area contributed by atoms with Crippen LogP contribution in [0.4, 0.5) is 0 Å². The maximum Gasteiger partial charge on any atom is 0.181 e. The normalized spacial score (nSPS) is 10.6. The Kier molecular flexibility index (Phi) is 4.25. The van der Waals surface area contributed by atoms with Crippen molar-refractivity contribution < 1.29 is 9.47 Å². The lowest BCUT2D eigenvalue weighted by molar-refractivity contribution is 0.355. The van der Waals surface area contributed by atoms with E-state index in [2.05, 4.69) is 15.2 Å². The Morgan fingerprint density at radius 2 is 1.65 bits per heavy atom. The van der Waals surface area contributed by atoms with Crippen molar-refractivity contribution in [1.29, 1.82) is 0 Å². The molecule has 0 spiro atoms. The van der Waals surface area contributed by atoms with Crippen molar-refractivity contribution in [1.82, 2.24) is 15.2 Å². The first kappa shape index (κ1) is 15.1. The van der Waals surface area contributed by atoms with E-state index in [4.69, 9.17) is 15.2 Å². The Bertz CT molecular complexity index is 797. The van der Waals surface area contributed by atoms with Crippen LogP contribution in [0.3, 0.4) is 0 Å². The number of aromatic nitrogens is 3. The van der Waals surface area contributed by atoms with E-state index in [9.17, 15) is 0 Å². The molecule has 3 N–H and O–H groups in total. The fraction of sp³-hybridized carbons (Fsp3) is 0.176. The van der Waals surface area contributed by atoms with Crippen molar-refractivity contribution >= 4 is 0 Å². The minimum absolute atomic E-state index is 0.521. The van der Waals surface area contributed by atoms with Crippen molar-refractivity contribution in [3.8, 4) is 34.3 Å². The quantitative estimate of drug-likeness (QED) is 0.756. The van der Waals surface area contributed by atoms with Gasteiger partial charge in [0.2, 0.25) is 0 Å². The summed E-state index contributed by atoms with van der Waals surface area (Å²) in [6, 6.07) is 13.5. The topological polar surface area (TPSA) is 86.0 Å². The van der Waals surface area contributed by atoms with Crippen LogP contribution in [0.2, 0.25) is 0 Å². The standard InChI is InChI=1S/C17H18N4O2/c1-22-14-8-7-13(9-15(14)23-2)17-19-16(20-21-17)12-5-3-11(10-18)4-6-12/h3-9H,10,18H2,1-2H3,(H,19,20,21). The lowest BCUT2D eigenvalue weighted by atomic mass is 10.1. The molecule has 0 saturated carbocycles. The first-order chi connectivity index (χ1) is 11.2. The van der Waals surface area contributed by atoms with Gasteiger partial charge in [0.1, 0.15) is 0 Å². The van der Waals surface area contributed by atoms with E-state index in [1.165, 1.54) is 0 Å². The summed E-state index contributed by atoms with van der Waals surface area (Å²) in [6.45, 7) is 0.521. The molecule has 0 aliphatic carbocycles. The Labute approximate surface area is 134 Å². The molecule has 6 nitrogen and oxygen atoms in total. The highest BCUT2D eigenvalue weighted by atomic mass is 16.5. The largest absolute Gasteiger partial charge is 0.493 e. The van der Waals surface area contributed by atoms with Crippen molar-refractivity contribution in [2.45, 2.75) is 6.54 Å². The number of methoxy groups -OCH3 is 2. The minimum atomic E-state index is 0.521. The number of ether oxygens (including phenoxy) is 2. The number of nitrogens with one attached hydrogen (secondary N) is 1. The van der Waals surface area contributed by atoms with Gasteiger partial charge in [0.05, 0.1) is 14.2 Å². The number of benzene rings is 2. The van der Waals surface area contributed by atoms with E-state index in [-0.39, 0.29) is 0 Å². The van der Waals surface area contributed by atoms with Crippen molar-refractivity contribution in [2.75, 3.05) is 14.2 Å². The monoisotopic (exact) mass is 310 g/mol. The molecule has 23 heavy (non-hydrogen) atoms. The molecule has 0 aliphatic heterocycles. The highest BCUT2D eigenvalue weighted by Crippen LogP contribution is 2.31. The van der Waals surface area contributed by atoms with Gasteiger partial charge in [-0.2, -0.15) is 5.10 Å². The number of hydrogen-bond acceptors (Lipinski definition) is 5. The molecule has 1 heterocycles. The van der Waals surface area contributed by atoms with Crippen LogP contribution in [-0.4, -0.2) is 29.4 Å². The second-order valence-electron chi connectivity index (χ2n) is 4.98. The molecule has 118 valence electrons. The summed E-state index contributed by atoms with van der Waals surface area (Å²) < 4.78 is 10.6. The molecule has 0 atom stereocenters. The number of aromatic amines is 1. The van der Waals surface area contributed by atoms with E-state index >= 15 is 0 Å². The van der Waals surface area contributed by atoms with Gasteiger partial charge in [-0.25, -0.2) is 4.98 Å². The first-order valence-corrected chi connectivity index (χ1v) is 7.19.